The van der Waals surface area contributed by atoms with Gasteiger partial charge in [-0.1, -0.05) is 0 Å². The highest BCUT2D eigenvalue weighted by molar-refractivity contribution is 7.89. The average molecular weight is 303 g/mol. The molecule has 3 N–H and O–H groups in total. The molecule has 9 nitrogen and oxygen atoms in total. The molecule has 0 amide bonds. The number of benzene rings is 1. The van der Waals surface area contributed by atoms with Gasteiger partial charge in [-0.2, -0.15) is 0 Å². The SMILES string of the molecule is CNS(=O)(=O)c1ccc(NCCC(=O)O)c([N+](=O)[O-])c1. The van der Waals surface area contributed by atoms with E-state index in [0.717, 1.165) is 6.07 Å². The first-order valence-corrected chi connectivity index (χ1v) is 6.94. The van der Waals surface area contributed by atoms with E-state index in [9.17, 15) is 23.3 Å². The fraction of sp³-hybridized carbons (Fsp3) is 0.300. The van der Waals surface area contributed by atoms with Gasteiger partial charge in [0, 0.05) is 12.6 Å². The van der Waals surface area contributed by atoms with Crippen LogP contribution in [-0.2, 0) is 14.8 Å². The number of aliphatic carboxylic acids is 1. The van der Waals surface area contributed by atoms with Crippen molar-refractivity contribution in [3.8, 4) is 0 Å². The van der Waals surface area contributed by atoms with Gasteiger partial charge in [-0.3, -0.25) is 14.9 Å². The van der Waals surface area contributed by atoms with Crippen LogP contribution in [0, 0.1) is 10.1 Å². The van der Waals surface area contributed by atoms with Crippen LogP contribution in [-0.4, -0.2) is 38.0 Å². The fourth-order valence-electron chi connectivity index (χ4n) is 1.40. The largest absolute Gasteiger partial charge is 0.481 e. The van der Waals surface area contributed by atoms with Gasteiger partial charge in [-0.15, -0.1) is 0 Å². The summed E-state index contributed by atoms with van der Waals surface area (Å²) in [6, 6.07) is 3.33. The van der Waals surface area contributed by atoms with Gasteiger partial charge >= 0.3 is 5.97 Å². The molecule has 0 saturated heterocycles. The lowest BCUT2D eigenvalue weighted by Crippen LogP contribution is -2.19. The highest BCUT2D eigenvalue weighted by Gasteiger charge is 2.20. The topological polar surface area (TPSA) is 139 Å². The number of carboxylic acids is 1. The first-order valence-electron chi connectivity index (χ1n) is 5.45. The van der Waals surface area contributed by atoms with Crippen LogP contribution in [0.4, 0.5) is 11.4 Å². The smallest absolute Gasteiger partial charge is 0.305 e. The highest BCUT2D eigenvalue weighted by atomic mass is 32.2. The van der Waals surface area contributed by atoms with E-state index >= 15 is 0 Å². The van der Waals surface area contributed by atoms with Gasteiger partial charge < -0.3 is 10.4 Å². The van der Waals surface area contributed by atoms with Crippen molar-refractivity contribution in [1.29, 1.82) is 0 Å². The van der Waals surface area contributed by atoms with Crippen LogP contribution in [0.25, 0.3) is 0 Å². The summed E-state index contributed by atoms with van der Waals surface area (Å²) in [6.07, 6.45) is -0.215. The summed E-state index contributed by atoms with van der Waals surface area (Å²) in [4.78, 5) is 20.3. The Morgan fingerprint density at radius 1 is 1.45 bits per heavy atom. The molecule has 1 aromatic rings. The number of nitrogens with one attached hydrogen (secondary N) is 2. The number of carbonyl (C=O) groups is 1. The van der Waals surface area contributed by atoms with Crippen LogP contribution in [0.15, 0.2) is 23.1 Å². The van der Waals surface area contributed by atoms with Crippen molar-refractivity contribution >= 4 is 27.4 Å². The molecule has 0 aliphatic rings. The minimum Gasteiger partial charge on any atom is -0.481 e. The second-order valence-corrected chi connectivity index (χ2v) is 5.60. The van der Waals surface area contributed by atoms with Crippen molar-refractivity contribution in [2.45, 2.75) is 11.3 Å². The number of nitrogens with zero attached hydrogens (tertiary/aromatic N) is 1. The fourth-order valence-corrected chi connectivity index (χ4v) is 2.15. The van der Waals surface area contributed by atoms with Crippen LogP contribution in [0.1, 0.15) is 6.42 Å². The number of nitro benzene ring substituents is 1. The quantitative estimate of drug-likeness (QED) is 0.489. The van der Waals surface area contributed by atoms with Gasteiger partial charge in [-0.25, -0.2) is 13.1 Å². The van der Waals surface area contributed by atoms with Crippen molar-refractivity contribution in [2.24, 2.45) is 0 Å². The zero-order chi connectivity index (χ0) is 15.3. The highest BCUT2D eigenvalue weighted by Crippen LogP contribution is 2.27. The number of hydrogen-bond donors (Lipinski definition) is 3. The lowest BCUT2D eigenvalue weighted by molar-refractivity contribution is -0.384. The first-order chi connectivity index (χ1) is 9.27. The van der Waals surface area contributed by atoms with E-state index in [1.165, 1.54) is 19.2 Å². The summed E-state index contributed by atoms with van der Waals surface area (Å²) in [5.41, 5.74) is -0.377. The zero-order valence-corrected chi connectivity index (χ0v) is 11.3. The van der Waals surface area contributed by atoms with E-state index in [1.807, 2.05) is 0 Å². The molecular formula is C10H13N3O6S. The minimum atomic E-state index is -3.78. The molecule has 0 aromatic heterocycles. The Morgan fingerprint density at radius 2 is 2.10 bits per heavy atom. The van der Waals surface area contributed by atoms with Crippen molar-refractivity contribution < 1.29 is 23.2 Å². The molecule has 0 saturated carbocycles. The van der Waals surface area contributed by atoms with Gasteiger partial charge in [0.2, 0.25) is 10.0 Å². The average Bonchev–Trinajstić information content (AvgIpc) is 2.38. The number of carboxylic acid groups (broad SMARTS) is 1. The van der Waals surface area contributed by atoms with Crippen molar-refractivity contribution in [3.05, 3.63) is 28.3 Å². The Kier molecular flexibility index (Phi) is 5.00. The molecule has 0 heterocycles. The summed E-state index contributed by atoms with van der Waals surface area (Å²) in [7, 11) is -2.59. The molecule has 1 aromatic carbocycles. The van der Waals surface area contributed by atoms with E-state index in [1.54, 1.807) is 0 Å². The molecule has 0 aliphatic carbocycles. The van der Waals surface area contributed by atoms with E-state index in [-0.39, 0.29) is 23.5 Å². The second-order valence-electron chi connectivity index (χ2n) is 3.71. The Labute approximate surface area is 114 Å². The molecular weight excluding hydrogens is 290 g/mol. The number of rotatable bonds is 7. The molecule has 10 heteroatoms. The Balaban J connectivity index is 3.09. The Hall–Kier alpha value is -2.20. The van der Waals surface area contributed by atoms with Crippen LogP contribution < -0.4 is 10.0 Å². The summed E-state index contributed by atoms with van der Waals surface area (Å²) in [5.74, 6) is -1.05. The third-order valence-corrected chi connectivity index (χ3v) is 3.81. The van der Waals surface area contributed by atoms with Gasteiger partial charge in [0.15, 0.2) is 0 Å². The first kappa shape index (κ1) is 15.9. The van der Waals surface area contributed by atoms with Gasteiger partial charge in [0.25, 0.3) is 5.69 Å². The normalized spacial score (nSPS) is 11.1. The number of sulfonamides is 1. The van der Waals surface area contributed by atoms with Gasteiger partial charge in [0.1, 0.15) is 5.69 Å². The molecule has 0 radical (unpaired) electrons. The summed E-state index contributed by atoms with van der Waals surface area (Å²) < 4.78 is 25.2. The molecule has 0 aliphatic heterocycles. The van der Waals surface area contributed by atoms with Crippen molar-refractivity contribution in [3.63, 3.8) is 0 Å². The van der Waals surface area contributed by atoms with Gasteiger partial charge in [-0.05, 0) is 19.2 Å². The van der Waals surface area contributed by atoms with E-state index in [2.05, 4.69) is 10.0 Å². The molecule has 0 atom stereocenters. The molecule has 20 heavy (non-hydrogen) atoms. The maximum Gasteiger partial charge on any atom is 0.305 e. The predicted octanol–water partition coefficient (Wildman–Crippen LogP) is 0.389. The van der Waals surface area contributed by atoms with Crippen molar-refractivity contribution in [1.82, 2.24) is 4.72 Å². The van der Waals surface area contributed by atoms with Crippen LogP contribution in [0.3, 0.4) is 0 Å². The number of hydrogen-bond acceptors (Lipinski definition) is 6. The number of nitro groups is 1. The van der Waals surface area contributed by atoms with E-state index in [4.69, 9.17) is 5.11 Å². The van der Waals surface area contributed by atoms with Crippen LogP contribution in [0.2, 0.25) is 0 Å². The Morgan fingerprint density at radius 3 is 2.60 bits per heavy atom. The van der Waals surface area contributed by atoms with E-state index < -0.39 is 26.6 Å². The summed E-state index contributed by atoms with van der Waals surface area (Å²) in [5, 5.41) is 22.0. The van der Waals surface area contributed by atoms with Crippen LogP contribution >= 0.6 is 0 Å². The third kappa shape index (κ3) is 3.90. The number of anilines is 1. The predicted molar refractivity (Wildman–Crippen MR) is 70.1 cm³/mol. The molecule has 0 unspecified atom stereocenters. The van der Waals surface area contributed by atoms with Gasteiger partial charge in [0.05, 0.1) is 16.2 Å². The zero-order valence-electron chi connectivity index (χ0n) is 10.5. The Bertz CT molecular complexity index is 628. The molecule has 1 rings (SSSR count). The minimum absolute atomic E-state index is 0.00566. The van der Waals surface area contributed by atoms with E-state index in [0.29, 0.717) is 0 Å². The molecule has 0 fully saturated rings. The maximum atomic E-state index is 11.6. The molecule has 0 spiro atoms. The summed E-state index contributed by atoms with van der Waals surface area (Å²) in [6.45, 7) is -0.00566. The lowest BCUT2D eigenvalue weighted by Gasteiger charge is -2.08. The summed E-state index contributed by atoms with van der Waals surface area (Å²) >= 11 is 0. The van der Waals surface area contributed by atoms with Crippen LogP contribution in [0.5, 0.6) is 0 Å². The second kappa shape index (κ2) is 6.30. The lowest BCUT2D eigenvalue weighted by atomic mass is 10.2. The third-order valence-electron chi connectivity index (χ3n) is 2.40. The monoisotopic (exact) mass is 303 g/mol. The van der Waals surface area contributed by atoms with Crippen molar-refractivity contribution in [2.75, 3.05) is 18.9 Å². The maximum absolute atomic E-state index is 11.6. The molecule has 110 valence electrons. The standard InChI is InChI=1S/C10H13N3O6S/c1-11-20(18,19)7-2-3-8(9(6-7)13(16)17)12-5-4-10(14)15/h2-3,6,11-12H,4-5H2,1H3,(H,14,15). The molecule has 0 bridgehead atoms.